The number of nitrogens with one attached hydrogen (secondary N) is 1. The predicted molar refractivity (Wildman–Crippen MR) is 77.5 cm³/mol. The Labute approximate surface area is 127 Å². The van der Waals surface area contributed by atoms with Gasteiger partial charge >= 0.3 is 6.18 Å². The molecule has 0 aromatic carbocycles. The third kappa shape index (κ3) is 4.11. The Kier molecular flexibility index (Phi) is 4.35. The summed E-state index contributed by atoms with van der Waals surface area (Å²) in [5.41, 5.74) is -0.586. The minimum Gasteiger partial charge on any atom is -0.369 e. The average Bonchev–Trinajstić information content (AvgIpc) is 2.85. The SMILES string of the molecule is CC(C)(C)NC(=O)C1CCN(c2ccc(C(F)(F)F)nc2)C1. The number of anilines is 1. The van der Waals surface area contributed by atoms with Crippen LogP contribution in [0, 0.1) is 5.92 Å². The fourth-order valence-corrected chi connectivity index (χ4v) is 2.42. The number of amides is 1. The Balaban J connectivity index is 2.00. The van der Waals surface area contributed by atoms with Gasteiger partial charge in [0.15, 0.2) is 0 Å². The quantitative estimate of drug-likeness (QED) is 0.913. The second kappa shape index (κ2) is 5.78. The highest BCUT2D eigenvalue weighted by molar-refractivity contribution is 5.80. The number of nitrogens with zero attached hydrogens (tertiary/aromatic N) is 2. The van der Waals surface area contributed by atoms with E-state index in [2.05, 4.69) is 10.3 Å². The van der Waals surface area contributed by atoms with E-state index in [9.17, 15) is 18.0 Å². The number of aromatic nitrogens is 1. The van der Waals surface area contributed by atoms with Crippen molar-refractivity contribution in [2.24, 2.45) is 5.92 Å². The molecular formula is C15H20F3N3O. The second-order valence-electron chi connectivity index (χ2n) is 6.57. The number of halogens is 3. The van der Waals surface area contributed by atoms with Crippen molar-refractivity contribution >= 4 is 11.6 Å². The van der Waals surface area contributed by atoms with Crippen molar-refractivity contribution in [3.8, 4) is 0 Å². The van der Waals surface area contributed by atoms with E-state index in [1.54, 1.807) is 0 Å². The van der Waals surface area contributed by atoms with Crippen LogP contribution in [-0.2, 0) is 11.0 Å². The van der Waals surface area contributed by atoms with E-state index >= 15 is 0 Å². The number of rotatable bonds is 2. The molecule has 1 fully saturated rings. The van der Waals surface area contributed by atoms with Crippen LogP contribution in [0.1, 0.15) is 32.9 Å². The molecule has 0 saturated carbocycles. The number of pyridine rings is 1. The molecule has 0 spiro atoms. The van der Waals surface area contributed by atoms with Crippen molar-refractivity contribution in [3.63, 3.8) is 0 Å². The van der Waals surface area contributed by atoms with E-state index in [0.29, 0.717) is 25.2 Å². The van der Waals surface area contributed by atoms with Crippen molar-refractivity contribution in [2.75, 3.05) is 18.0 Å². The number of carbonyl (C=O) groups is 1. The van der Waals surface area contributed by atoms with Gasteiger partial charge in [-0.2, -0.15) is 13.2 Å². The van der Waals surface area contributed by atoms with Gasteiger partial charge in [-0.3, -0.25) is 4.79 Å². The maximum Gasteiger partial charge on any atom is 0.433 e. The van der Waals surface area contributed by atoms with Gasteiger partial charge in [0, 0.05) is 18.6 Å². The van der Waals surface area contributed by atoms with Gasteiger partial charge < -0.3 is 10.2 Å². The predicted octanol–water partition coefficient (Wildman–Crippen LogP) is 2.84. The van der Waals surface area contributed by atoms with Crippen LogP contribution in [0.2, 0.25) is 0 Å². The van der Waals surface area contributed by atoms with Crippen LogP contribution in [-0.4, -0.2) is 29.5 Å². The van der Waals surface area contributed by atoms with Crippen molar-refractivity contribution in [2.45, 2.75) is 38.9 Å². The fourth-order valence-electron chi connectivity index (χ4n) is 2.42. The van der Waals surface area contributed by atoms with Gasteiger partial charge in [-0.15, -0.1) is 0 Å². The minimum absolute atomic E-state index is 0.0186. The summed E-state index contributed by atoms with van der Waals surface area (Å²) in [6.07, 6.45) is -2.53. The molecular weight excluding hydrogens is 295 g/mol. The van der Waals surface area contributed by atoms with Crippen molar-refractivity contribution in [3.05, 3.63) is 24.0 Å². The maximum absolute atomic E-state index is 12.5. The maximum atomic E-state index is 12.5. The Hall–Kier alpha value is -1.79. The van der Waals surface area contributed by atoms with Gasteiger partial charge in [0.05, 0.1) is 17.8 Å². The first-order chi connectivity index (χ1) is 10.1. The van der Waals surface area contributed by atoms with Gasteiger partial charge in [-0.05, 0) is 39.3 Å². The fraction of sp³-hybridized carbons (Fsp3) is 0.600. The third-order valence-electron chi connectivity index (χ3n) is 3.46. The lowest BCUT2D eigenvalue weighted by Gasteiger charge is -2.23. The van der Waals surface area contributed by atoms with Crippen LogP contribution in [0.4, 0.5) is 18.9 Å². The molecule has 0 bridgehead atoms. The lowest BCUT2D eigenvalue weighted by atomic mass is 10.0. The molecule has 2 rings (SSSR count). The summed E-state index contributed by atoms with van der Waals surface area (Å²) in [5.74, 6) is -0.170. The van der Waals surface area contributed by atoms with Crippen LogP contribution < -0.4 is 10.2 Å². The van der Waals surface area contributed by atoms with Crippen LogP contribution >= 0.6 is 0 Å². The van der Waals surface area contributed by atoms with Crippen molar-refractivity contribution < 1.29 is 18.0 Å². The summed E-state index contributed by atoms with van der Waals surface area (Å²) in [6.45, 7) is 6.87. The summed E-state index contributed by atoms with van der Waals surface area (Å²) in [7, 11) is 0. The first kappa shape index (κ1) is 16.6. The second-order valence-corrected chi connectivity index (χ2v) is 6.57. The highest BCUT2D eigenvalue weighted by Gasteiger charge is 2.33. The Bertz CT molecular complexity index is 534. The first-order valence-corrected chi connectivity index (χ1v) is 7.16. The molecule has 1 amide bonds. The standard InChI is InChI=1S/C15H20F3N3O/c1-14(2,3)20-13(22)10-6-7-21(9-10)11-4-5-12(19-8-11)15(16,17)18/h4-5,8,10H,6-7,9H2,1-3H3,(H,20,22). The van der Waals surface area contributed by atoms with Crippen molar-refractivity contribution in [1.82, 2.24) is 10.3 Å². The molecule has 4 nitrogen and oxygen atoms in total. The first-order valence-electron chi connectivity index (χ1n) is 7.16. The largest absolute Gasteiger partial charge is 0.433 e. The van der Waals surface area contributed by atoms with Crippen LogP contribution in [0.5, 0.6) is 0 Å². The van der Waals surface area contributed by atoms with E-state index in [4.69, 9.17) is 0 Å². The third-order valence-corrected chi connectivity index (χ3v) is 3.46. The molecule has 7 heteroatoms. The van der Waals surface area contributed by atoms with E-state index in [-0.39, 0.29) is 17.4 Å². The zero-order chi connectivity index (χ0) is 16.5. The van der Waals surface area contributed by atoms with E-state index in [1.165, 1.54) is 12.3 Å². The van der Waals surface area contributed by atoms with Gasteiger partial charge in [0.1, 0.15) is 5.69 Å². The van der Waals surface area contributed by atoms with Gasteiger partial charge in [0.25, 0.3) is 0 Å². The summed E-state index contributed by atoms with van der Waals surface area (Å²) in [4.78, 5) is 17.5. The topological polar surface area (TPSA) is 45.2 Å². The van der Waals surface area contributed by atoms with Crippen LogP contribution in [0.15, 0.2) is 18.3 Å². The molecule has 1 atom stereocenters. The minimum atomic E-state index is -4.43. The molecule has 2 heterocycles. The van der Waals surface area contributed by atoms with Crippen LogP contribution in [0.25, 0.3) is 0 Å². The molecule has 1 saturated heterocycles. The molecule has 22 heavy (non-hydrogen) atoms. The highest BCUT2D eigenvalue weighted by atomic mass is 19.4. The molecule has 1 aliphatic rings. The molecule has 1 aliphatic heterocycles. The Morgan fingerprint density at radius 2 is 2.00 bits per heavy atom. The zero-order valence-corrected chi connectivity index (χ0v) is 12.9. The van der Waals surface area contributed by atoms with Gasteiger partial charge in [-0.25, -0.2) is 4.98 Å². The zero-order valence-electron chi connectivity index (χ0n) is 12.9. The molecule has 122 valence electrons. The highest BCUT2D eigenvalue weighted by Crippen LogP contribution is 2.30. The Morgan fingerprint density at radius 3 is 2.50 bits per heavy atom. The van der Waals surface area contributed by atoms with Crippen LogP contribution in [0.3, 0.4) is 0 Å². The molecule has 0 aliphatic carbocycles. The van der Waals surface area contributed by atoms with E-state index in [1.807, 2.05) is 25.7 Å². The van der Waals surface area contributed by atoms with E-state index in [0.717, 1.165) is 6.07 Å². The normalized spacial score (nSPS) is 19.4. The van der Waals surface area contributed by atoms with E-state index < -0.39 is 11.9 Å². The summed E-state index contributed by atoms with van der Waals surface area (Å²) < 4.78 is 37.5. The lowest BCUT2D eigenvalue weighted by molar-refractivity contribution is -0.141. The smallest absolute Gasteiger partial charge is 0.369 e. The molecule has 1 N–H and O–H groups in total. The molecule has 1 aromatic heterocycles. The average molecular weight is 315 g/mol. The monoisotopic (exact) mass is 315 g/mol. The molecule has 0 radical (unpaired) electrons. The molecule has 1 aromatic rings. The Morgan fingerprint density at radius 1 is 1.32 bits per heavy atom. The summed E-state index contributed by atoms with van der Waals surface area (Å²) in [6, 6.07) is 2.37. The molecule has 1 unspecified atom stereocenters. The number of hydrogen-bond acceptors (Lipinski definition) is 3. The summed E-state index contributed by atoms with van der Waals surface area (Å²) >= 11 is 0. The van der Waals surface area contributed by atoms with Crippen molar-refractivity contribution in [1.29, 1.82) is 0 Å². The van der Waals surface area contributed by atoms with Gasteiger partial charge in [-0.1, -0.05) is 0 Å². The lowest BCUT2D eigenvalue weighted by Crippen LogP contribution is -2.44. The number of carbonyl (C=O) groups excluding carboxylic acids is 1. The summed E-state index contributed by atoms with van der Waals surface area (Å²) in [5, 5.41) is 2.93. The number of hydrogen-bond donors (Lipinski definition) is 1. The van der Waals surface area contributed by atoms with Gasteiger partial charge in [0.2, 0.25) is 5.91 Å². The number of alkyl halides is 3.